The molecule has 0 spiro atoms. The van der Waals surface area contributed by atoms with Crippen molar-refractivity contribution in [3.05, 3.63) is 12.2 Å². The number of carbonyl (C=O) groups is 1. The molecular weight excluding hydrogens is 489 g/mol. The monoisotopic (exact) mass is 521 g/mol. The van der Waals surface area contributed by atoms with Gasteiger partial charge in [0.25, 0.3) is 9.70 Å². The number of esters is 1. The molecule has 32 heavy (non-hydrogen) atoms. The number of methoxy groups -OCH3 is 2. The van der Waals surface area contributed by atoms with Crippen molar-refractivity contribution < 1.29 is 38.0 Å². The van der Waals surface area contributed by atoms with Gasteiger partial charge in [-0.3, -0.25) is 10.5 Å². The summed E-state index contributed by atoms with van der Waals surface area (Å²) >= 11 is 18.0. The molecule has 1 fully saturated rings. The summed E-state index contributed by atoms with van der Waals surface area (Å²) in [6, 6.07) is 0. The number of rotatable bonds is 15. The highest BCUT2D eigenvalue weighted by Gasteiger charge is 2.59. The molecule has 3 unspecified atom stereocenters. The number of nitrogens with two attached hydrogens (primary N) is 1. The molecule has 1 saturated heterocycles. The van der Waals surface area contributed by atoms with E-state index in [4.69, 9.17) is 73.7 Å². The second-order valence-corrected chi connectivity index (χ2v) is 9.45. The standard InChI is InChI=1S/C20H34Cl3NO8/c1-5-7-14(29-13-27-4)9-10-15(30-17(25)8-6-2)18-16(11-28-12-26-3)31-20(24,32-18)19(21,22)23/h9-10,14-16,18H,5-8,11-13,24H2,1-4H3/b10-9+/t14?,15-,16+,18?,20?/m1/s1. The average Bonchev–Trinajstić information content (AvgIpc) is 3.07. The largest absolute Gasteiger partial charge is 0.455 e. The quantitative estimate of drug-likeness (QED) is 0.114. The molecule has 5 atom stereocenters. The summed E-state index contributed by atoms with van der Waals surface area (Å²) in [5.41, 5.74) is 6.08. The Labute approximate surface area is 204 Å². The van der Waals surface area contributed by atoms with Crippen molar-refractivity contribution in [2.45, 2.75) is 73.7 Å². The van der Waals surface area contributed by atoms with Crippen molar-refractivity contribution >= 4 is 40.8 Å². The first kappa shape index (κ1) is 29.8. The molecule has 0 aromatic carbocycles. The summed E-state index contributed by atoms with van der Waals surface area (Å²) in [6.45, 7) is 4.00. The third-order valence-electron chi connectivity index (χ3n) is 4.42. The number of hydrogen-bond donors (Lipinski definition) is 1. The normalized spacial score (nSPS) is 25.9. The van der Waals surface area contributed by atoms with Crippen molar-refractivity contribution in [2.75, 3.05) is 34.4 Å². The fourth-order valence-electron chi connectivity index (χ4n) is 2.93. The van der Waals surface area contributed by atoms with E-state index in [1.54, 1.807) is 12.2 Å². The maximum atomic E-state index is 12.3. The highest BCUT2D eigenvalue weighted by atomic mass is 35.6. The van der Waals surface area contributed by atoms with Crippen molar-refractivity contribution in [1.82, 2.24) is 0 Å². The van der Waals surface area contributed by atoms with Gasteiger partial charge < -0.3 is 33.2 Å². The number of ether oxygens (including phenoxy) is 7. The van der Waals surface area contributed by atoms with Gasteiger partial charge in [-0.1, -0.05) is 61.1 Å². The Balaban J connectivity index is 3.17. The predicted octanol–water partition coefficient (Wildman–Crippen LogP) is 3.43. The van der Waals surface area contributed by atoms with Crippen LogP contribution in [0.3, 0.4) is 0 Å². The van der Waals surface area contributed by atoms with Crippen LogP contribution >= 0.6 is 34.8 Å². The zero-order chi connectivity index (χ0) is 24.2. The lowest BCUT2D eigenvalue weighted by Crippen LogP contribution is -2.53. The molecule has 0 aliphatic carbocycles. The minimum absolute atomic E-state index is 0.00250. The number of hydrogen-bond acceptors (Lipinski definition) is 9. The summed E-state index contributed by atoms with van der Waals surface area (Å²) in [7, 11) is 3.01. The molecule has 0 amide bonds. The maximum absolute atomic E-state index is 12.3. The molecule has 0 saturated carbocycles. The van der Waals surface area contributed by atoms with Crippen molar-refractivity contribution in [1.29, 1.82) is 0 Å². The molecule has 12 heteroatoms. The molecule has 9 nitrogen and oxygen atoms in total. The number of halogens is 3. The van der Waals surface area contributed by atoms with Crippen LogP contribution in [-0.2, 0) is 38.0 Å². The zero-order valence-corrected chi connectivity index (χ0v) is 21.2. The Kier molecular flexibility index (Phi) is 13.9. The van der Waals surface area contributed by atoms with Gasteiger partial charge in [0.1, 0.15) is 31.9 Å². The van der Waals surface area contributed by atoms with E-state index in [1.165, 1.54) is 14.2 Å². The third kappa shape index (κ3) is 9.58. The molecule has 1 heterocycles. The third-order valence-corrected chi connectivity index (χ3v) is 5.21. The highest BCUT2D eigenvalue weighted by molar-refractivity contribution is 6.68. The van der Waals surface area contributed by atoms with Gasteiger partial charge in [-0.15, -0.1) is 0 Å². The molecule has 1 aliphatic heterocycles. The van der Waals surface area contributed by atoms with Gasteiger partial charge >= 0.3 is 5.97 Å². The lowest BCUT2D eigenvalue weighted by molar-refractivity contribution is -0.182. The lowest BCUT2D eigenvalue weighted by Gasteiger charge is -2.30. The average molecular weight is 523 g/mol. The fourth-order valence-corrected chi connectivity index (χ4v) is 3.19. The van der Waals surface area contributed by atoms with Crippen LogP contribution < -0.4 is 5.73 Å². The van der Waals surface area contributed by atoms with Gasteiger partial charge in [-0.2, -0.15) is 0 Å². The van der Waals surface area contributed by atoms with E-state index in [-0.39, 0.29) is 32.7 Å². The summed E-state index contributed by atoms with van der Waals surface area (Å²) < 4.78 is 36.0. The van der Waals surface area contributed by atoms with Gasteiger partial charge in [0.05, 0.1) is 12.7 Å². The van der Waals surface area contributed by atoms with Gasteiger partial charge in [-0.25, -0.2) is 0 Å². The van der Waals surface area contributed by atoms with Gasteiger partial charge in [0.2, 0.25) is 0 Å². The summed E-state index contributed by atoms with van der Waals surface area (Å²) in [5, 5.41) is 0. The Morgan fingerprint density at radius 3 is 2.38 bits per heavy atom. The number of alkyl halides is 3. The van der Waals surface area contributed by atoms with E-state index in [9.17, 15) is 4.79 Å². The van der Waals surface area contributed by atoms with E-state index in [1.807, 2.05) is 13.8 Å². The van der Waals surface area contributed by atoms with Crippen LogP contribution in [0.5, 0.6) is 0 Å². The lowest BCUT2D eigenvalue weighted by atomic mass is 10.1. The first-order valence-electron chi connectivity index (χ1n) is 10.4. The van der Waals surface area contributed by atoms with Crippen molar-refractivity contribution in [3.63, 3.8) is 0 Å². The van der Waals surface area contributed by atoms with E-state index in [0.717, 1.165) is 12.8 Å². The van der Waals surface area contributed by atoms with Crippen LogP contribution in [0.2, 0.25) is 0 Å². The van der Waals surface area contributed by atoms with E-state index < -0.39 is 34.0 Å². The molecule has 0 radical (unpaired) electrons. The molecule has 0 aromatic rings. The Bertz CT molecular complexity index is 578. The van der Waals surface area contributed by atoms with Gasteiger partial charge in [0, 0.05) is 20.6 Å². The van der Waals surface area contributed by atoms with Crippen LogP contribution in [0.15, 0.2) is 12.2 Å². The predicted molar refractivity (Wildman–Crippen MR) is 120 cm³/mol. The molecular formula is C20H34Cl3NO8. The minimum atomic E-state index is -2.12. The van der Waals surface area contributed by atoms with Crippen LogP contribution in [0.25, 0.3) is 0 Å². The van der Waals surface area contributed by atoms with E-state index in [0.29, 0.717) is 6.42 Å². The van der Waals surface area contributed by atoms with Crippen LogP contribution in [0, 0.1) is 0 Å². The molecule has 0 aromatic heterocycles. The van der Waals surface area contributed by atoms with Crippen LogP contribution in [0.1, 0.15) is 39.5 Å². The van der Waals surface area contributed by atoms with Crippen LogP contribution in [0.4, 0.5) is 0 Å². The fraction of sp³-hybridized carbons (Fsp3) is 0.850. The Morgan fingerprint density at radius 1 is 1.12 bits per heavy atom. The summed E-state index contributed by atoms with van der Waals surface area (Å²) in [6.07, 6.45) is 2.94. The SMILES string of the molecule is CCCC(=O)O[C@H](/C=C/C(CCC)OCOC)C1OC(N)(C(Cl)(Cl)Cl)O[C@H]1COCOC. The molecule has 1 rings (SSSR count). The van der Waals surface area contributed by atoms with E-state index in [2.05, 4.69) is 0 Å². The van der Waals surface area contributed by atoms with Gasteiger partial charge in [-0.05, 0) is 18.9 Å². The molecule has 188 valence electrons. The first-order valence-corrected chi connectivity index (χ1v) is 11.5. The smallest absolute Gasteiger partial charge is 0.306 e. The van der Waals surface area contributed by atoms with E-state index >= 15 is 0 Å². The molecule has 2 N–H and O–H groups in total. The highest BCUT2D eigenvalue weighted by Crippen LogP contribution is 2.44. The number of carbonyl (C=O) groups excluding carboxylic acids is 1. The molecule has 1 aliphatic rings. The van der Waals surface area contributed by atoms with Gasteiger partial charge in [0.15, 0.2) is 0 Å². The maximum Gasteiger partial charge on any atom is 0.306 e. The van der Waals surface area contributed by atoms with Crippen molar-refractivity contribution in [3.8, 4) is 0 Å². The molecule has 0 bridgehead atoms. The summed E-state index contributed by atoms with van der Waals surface area (Å²) in [4.78, 5) is 12.3. The minimum Gasteiger partial charge on any atom is -0.455 e. The topological polar surface area (TPSA) is 108 Å². The van der Waals surface area contributed by atoms with Crippen molar-refractivity contribution in [2.24, 2.45) is 5.73 Å². The second kappa shape index (κ2) is 14.9. The summed E-state index contributed by atoms with van der Waals surface area (Å²) in [5.74, 6) is -2.50. The second-order valence-electron chi connectivity index (χ2n) is 7.17. The Hall–Kier alpha value is -0.200. The first-order chi connectivity index (χ1) is 15.1. The zero-order valence-electron chi connectivity index (χ0n) is 18.9. The van der Waals surface area contributed by atoms with Crippen LogP contribution in [-0.4, -0.2) is 74.5 Å². The Morgan fingerprint density at radius 2 is 1.81 bits per heavy atom.